The van der Waals surface area contributed by atoms with E-state index in [0.717, 1.165) is 22.9 Å². The number of aliphatic hydroxyl groups is 1. The van der Waals surface area contributed by atoms with Gasteiger partial charge in [0.05, 0.1) is 0 Å². The van der Waals surface area contributed by atoms with Crippen molar-refractivity contribution >= 4 is 11.3 Å². The number of aromatic nitrogens is 1. The predicted octanol–water partition coefficient (Wildman–Crippen LogP) is 2.70. The zero-order valence-corrected chi connectivity index (χ0v) is 12.8. The minimum atomic E-state index is -0.649. The van der Waals surface area contributed by atoms with Crippen LogP contribution < -0.4 is 4.74 Å². The average Bonchev–Trinajstić information content (AvgIpc) is 3.21. The molecule has 3 rings (SSSR count). The van der Waals surface area contributed by atoms with E-state index in [-0.39, 0.29) is 0 Å². The third-order valence-electron chi connectivity index (χ3n) is 3.76. The second-order valence-electron chi connectivity index (χ2n) is 5.24. The van der Waals surface area contributed by atoms with Crippen LogP contribution in [-0.2, 0) is 0 Å². The molecule has 2 aromatic rings. The van der Waals surface area contributed by atoms with Crippen LogP contribution in [0.2, 0.25) is 0 Å². The van der Waals surface area contributed by atoms with Crippen LogP contribution in [-0.4, -0.2) is 41.2 Å². The Hall–Kier alpha value is -1.43. The molecule has 0 bridgehead atoms. The van der Waals surface area contributed by atoms with E-state index in [1.165, 1.54) is 37.3 Å². The molecule has 0 aliphatic carbocycles. The van der Waals surface area contributed by atoms with E-state index < -0.39 is 6.10 Å². The first-order valence-corrected chi connectivity index (χ1v) is 8.23. The van der Waals surface area contributed by atoms with Gasteiger partial charge in [-0.2, -0.15) is 0 Å². The minimum absolute atomic E-state index is 0.649. The summed E-state index contributed by atoms with van der Waals surface area (Å²) in [5.74, 6) is 0.851. The van der Waals surface area contributed by atoms with Gasteiger partial charge in [-0.3, -0.25) is 4.90 Å². The van der Waals surface area contributed by atoms with Gasteiger partial charge in [-0.25, -0.2) is 4.98 Å². The molecule has 1 atom stereocenters. The highest BCUT2D eigenvalue weighted by atomic mass is 32.1. The third kappa shape index (κ3) is 3.81. The Morgan fingerprint density at radius 3 is 2.67 bits per heavy atom. The standard InChI is InChI=1S/C16H20N2O2S/c19-15(16-17-7-12-21-16)13-3-5-14(6-4-13)20-11-10-18-8-1-2-9-18/h3-7,12,15,19H,1-2,8-11H2. The fraction of sp³-hybridized carbons (Fsp3) is 0.438. The van der Waals surface area contributed by atoms with Gasteiger partial charge in [-0.05, 0) is 43.6 Å². The Kier molecular flexibility index (Phi) is 4.85. The summed E-state index contributed by atoms with van der Waals surface area (Å²) in [6.45, 7) is 4.10. The molecule has 1 saturated heterocycles. The maximum absolute atomic E-state index is 10.2. The summed E-state index contributed by atoms with van der Waals surface area (Å²) in [6.07, 6.45) is 3.68. The van der Waals surface area contributed by atoms with Crippen LogP contribution in [0, 0.1) is 0 Å². The Morgan fingerprint density at radius 2 is 2.00 bits per heavy atom. The minimum Gasteiger partial charge on any atom is -0.492 e. The van der Waals surface area contributed by atoms with Gasteiger partial charge in [-0.15, -0.1) is 11.3 Å². The Morgan fingerprint density at radius 1 is 1.24 bits per heavy atom. The molecule has 5 heteroatoms. The molecule has 1 aliphatic rings. The number of rotatable bonds is 6. The Labute approximate surface area is 129 Å². The quantitative estimate of drug-likeness (QED) is 0.891. The molecule has 2 heterocycles. The molecule has 0 radical (unpaired) electrons. The highest BCUT2D eigenvalue weighted by Crippen LogP contribution is 2.25. The summed E-state index contributed by atoms with van der Waals surface area (Å²) < 4.78 is 5.76. The van der Waals surface area contributed by atoms with Crippen molar-refractivity contribution in [3.8, 4) is 5.75 Å². The molecule has 1 aromatic heterocycles. The fourth-order valence-corrected chi connectivity index (χ4v) is 3.21. The highest BCUT2D eigenvalue weighted by Gasteiger charge is 2.13. The molecule has 1 aromatic carbocycles. The van der Waals surface area contributed by atoms with E-state index in [9.17, 15) is 5.11 Å². The zero-order valence-electron chi connectivity index (χ0n) is 11.9. The van der Waals surface area contributed by atoms with Crippen LogP contribution in [0.1, 0.15) is 29.5 Å². The number of hydrogen-bond donors (Lipinski definition) is 1. The van der Waals surface area contributed by atoms with E-state index in [4.69, 9.17) is 4.74 Å². The molecule has 112 valence electrons. The number of hydrogen-bond acceptors (Lipinski definition) is 5. The average molecular weight is 304 g/mol. The van der Waals surface area contributed by atoms with Gasteiger partial charge in [0.15, 0.2) is 0 Å². The highest BCUT2D eigenvalue weighted by molar-refractivity contribution is 7.09. The number of aliphatic hydroxyl groups excluding tert-OH is 1. The van der Waals surface area contributed by atoms with Crippen molar-refractivity contribution < 1.29 is 9.84 Å². The molecule has 1 fully saturated rings. The predicted molar refractivity (Wildman–Crippen MR) is 83.8 cm³/mol. The first-order chi connectivity index (χ1) is 10.3. The van der Waals surface area contributed by atoms with Crippen molar-refractivity contribution in [3.05, 3.63) is 46.4 Å². The number of ether oxygens (including phenoxy) is 1. The smallest absolute Gasteiger partial charge is 0.131 e. The molecule has 0 saturated carbocycles. The van der Waals surface area contributed by atoms with Gasteiger partial charge < -0.3 is 9.84 Å². The van der Waals surface area contributed by atoms with Crippen LogP contribution in [0.15, 0.2) is 35.8 Å². The monoisotopic (exact) mass is 304 g/mol. The zero-order chi connectivity index (χ0) is 14.5. The van der Waals surface area contributed by atoms with Gasteiger partial charge in [-0.1, -0.05) is 12.1 Å². The van der Waals surface area contributed by atoms with E-state index >= 15 is 0 Å². The van der Waals surface area contributed by atoms with Gasteiger partial charge in [0, 0.05) is 18.1 Å². The fourth-order valence-electron chi connectivity index (χ4n) is 2.56. The van der Waals surface area contributed by atoms with Crippen LogP contribution in [0.5, 0.6) is 5.75 Å². The summed E-state index contributed by atoms with van der Waals surface area (Å²) >= 11 is 1.46. The van der Waals surface area contributed by atoms with E-state index in [0.29, 0.717) is 6.61 Å². The summed E-state index contributed by atoms with van der Waals surface area (Å²) in [5.41, 5.74) is 0.844. The molecule has 1 N–H and O–H groups in total. The van der Waals surface area contributed by atoms with Gasteiger partial charge in [0.25, 0.3) is 0 Å². The second-order valence-corrected chi connectivity index (χ2v) is 6.17. The Balaban J connectivity index is 1.51. The van der Waals surface area contributed by atoms with Crippen molar-refractivity contribution in [2.75, 3.05) is 26.2 Å². The molecule has 1 aliphatic heterocycles. The largest absolute Gasteiger partial charge is 0.492 e. The van der Waals surface area contributed by atoms with Crippen molar-refractivity contribution in [2.24, 2.45) is 0 Å². The van der Waals surface area contributed by atoms with Crippen LogP contribution in [0.4, 0.5) is 0 Å². The lowest BCUT2D eigenvalue weighted by Gasteiger charge is -2.15. The number of nitrogens with zero attached hydrogens (tertiary/aromatic N) is 2. The summed E-state index contributed by atoms with van der Waals surface area (Å²) in [5, 5.41) is 12.8. The molecular weight excluding hydrogens is 284 g/mol. The number of thiazole rings is 1. The topological polar surface area (TPSA) is 45.6 Å². The molecule has 4 nitrogen and oxygen atoms in total. The van der Waals surface area contributed by atoms with Crippen LogP contribution >= 0.6 is 11.3 Å². The van der Waals surface area contributed by atoms with Crippen molar-refractivity contribution in [2.45, 2.75) is 18.9 Å². The molecule has 0 spiro atoms. The lowest BCUT2D eigenvalue weighted by Crippen LogP contribution is -2.25. The molecule has 21 heavy (non-hydrogen) atoms. The van der Waals surface area contributed by atoms with Gasteiger partial charge in [0.2, 0.25) is 0 Å². The first kappa shape index (κ1) is 14.5. The van der Waals surface area contributed by atoms with Gasteiger partial charge >= 0.3 is 0 Å². The normalized spacial score (nSPS) is 17.0. The summed E-state index contributed by atoms with van der Waals surface area (Å²) in [6, 6.07) is 7.63. The first-order valence-electron chi connectivity index (χ1n) is 7.35. The maximum atomic E-state index is 10.2. The van der Waals surface area contributed by atoms with Crippen molar-refractivity contribution in [1.82, 2.24) is 9.88 Å². The van der Waals surface area contributed by atoms with Crippen LogP contribution in [0.25, 0.3) is 0 Å². The molecule has 0 amide bonds. The van der Waals surface area contributed by atoms with Crippen LogP contribution in [0.3, 0.4) is 0 Å². The van der Waals surface area contributed by atoms with E-state index in [1.54, 1.807) is 6.20 Å². The van der Waals surface area contributed by atoms with Gasteiger partial charge in [0.1, 0.15) is 23.5 Å². The molecular formula is C16H20N2O2S. The van der Waals surface area contributed by atoms with E-state index in [1.807, 2.05) is 29.6 Å². The van der Waals surface area contributed by atoms with Crippen molar-refractivity contribution in [1.29, 1.82) is 0 Å². The molecule has 1 unspecified atom stereocenters. The van der Waals surface area contributed by atoms with E-state index in [2.05, 4.69) is 9.88 Å². The lowest BCUT2D eigenvalue weighted by molar-refractivity contribution is 0.219. The summed E-state index contributed by atoms with van der Waals surface area (Å²) in [4.78, 5) is 6.57. The maximum Gasteiger partial charge on any atom is 0.131 e. The second kappa shape index (κ2) is 7.02. The lowest BCUT2D eigenvalue weighted by atomic mass is 10.1. The number of likely N-dealkylation sites (tertiary alicyclic amines) is 1. The SMILES string of the molecule is OC(c1ccc(OCCN2CCCC2)cc1)c1nccs1. The number of benzene rings is 1. The summed E-state index contributed by atoms with van der Waals surface area (Å²) in [7, 11) is 0. The third-order valence-corrected chi connectivity index (χ3v) is 4.58. The van der Waals surface area contributed by atoms with Crippen molar-refractivity contribution in [3.63, 3.8) is 0 Å². The Bertz CT molecular complexity index is 536.